The van der Waals surface area contributed by atoms with Crippen molar-refractivity contribution in [3.63, 3.8) is 0 Å². The lowest BCUT2D eigenvalue weighted by atomic mass is 9.76. The third-order valence-corrected chi connectivity index (χ3v) is 3.21. The van der Waals surface area contributed by atoms with E-state index < -0.39 is 0 Å². The predicted molar refractivity (Wildman–Crippen MR) is 59.2 cm³/mol. The third kappa shape index (κ3) is 2.69. The number of hydroxylamine groups is 2. The standard InChI is InChI=1S/C11H22N2O2/c1-4-6-11(7-5-8-12-9-11)10(14)13(2)15-3/h12H,4-9H2,1-3H3. The van der Waals surface area contributed by atoms with Gasteiger partial charge < -0.3 is 5.32 Å². The van der Waals surface area contributed by atoms with Gasteiger partial charge in [-0.05, 0) is 25.8 Å². The molecule has 1 aliphatic rings. The molecule has 15 heavy (non-hydrogen) atoms. The molecule has 1 fully saturated rings. The van der Waals surface area contributed by atoms with Crippen LogP contribution in [-0.2, 0) is 9.63 Å². The van der Waals surface area contributed by atoms with Gasteiger partial charge in [-0.2, -0.15) is 0 Å². The summed E-state index contributed by atoms with van der Waals surface area (Å²) in [5.41, 5.74) is -0.238. The number of rotatable bonds is 4. The van der Waals surface area contributed by atoms with E-state index in [-0.39, 0.29) is 11.3 Å². The van der Waals surface area contributed by atoms with Crippen LogP contribution in [0.4, 0.5) is 0 Å². The number of nitrogens with one attached hydrogen (secondary N) is 1. The number of carbonyl (C=O) groups is 1. The number of nitrogens with zero attached hydrogens (tertiary/aromatic N) is 1. The Hall–Kier alpha value is -0.610. The molecule has 1 saturated heterocycles. The van der Waals surface area contributed by atoms with Gasteiger partial charge in [0.25, 0.3) is 5.91 Å². The van der Waals surface area contributed by atoms with Gasteiger partial charge in [-0.15, -0.1) is 0 Å². The van der Waals surface area contributed by atoms with Crippen molar-refractivity contribution >= 4 is 5.91 Å². The Kier molecular flexibility index (Phi) is 4.54. The summed E-state index contributed by atoms with van der Waals surface area (Å²) in [5.74, 6) is 0.110. The fraction of sp³-hybridized carbons (Fsp3) is 0.909. The monoisotopic (exact) mass is 214 g/mol. The summed E-state index contributed by atoms with van der Waals surface area (Å²) in [6.45, 7) is 3.93. The highest BCUT2D eigenvalue weighted by molar-refractivity contribution is 5.82. The Morgan fingerprint density at radius 3 is 2.80 bits per heavy atom. The highest BCUT2D eigenvalue weighted by Gasteiger charge is 2.40. The van der Waals surface area contributed by atoms with Gasteiger partial charge in [0.2, 0.25) is 0 Å². The van der Waals surface area contributed by atoms with Crippen molar-refractivity contribution in [2.45, 2.75) is 32.6 Å². The van der Waals surface area contributed by atoms with Crippen LogP contribution < -0.4 is 5.32 Å². The first-order valence-electron chi connectivity index (χ1n) is 5.69. The lowest BCUT2D eigenvalue weighted by Crippen LogP contribution is -2.50. The highest BCUT2D eigenvalue weighted by atomic mass is 16.7. The molecule has 0 aromatic heterocycles. The van der Waals surface area contributed by atoms with Gasteiger partial charge in [0.05, 0.1) is 12.5 Å². The van der Waals surface area contributed by atoms with Crippen molar-refractivity contribution in [3.8, 4) is 0 Å². The largest absolute Gasteiger partial charge is 0.316 e. The van der Waals surface area contributed by atoms with Crippen molar-refractivity contribution in [3.05, 3.63) is 0 Å². The van der Waals surface area contributed by atoms with E-state index in [9.17, 15) is 4.79 Å². The lowest BCUT2D eigenvalue weighted by Gasteiger charge is -2.38. The fourth-order valence-corrected chi connectivity index (χ4v) is 2.37. The average Bonchev–Trinajstić information content (AvgIpc) is 2.28. The molecule has 1 atom stereocenters. The number of carbonyl (C=O) groups excluding carboxylic acids is 1. The molecule has 0 bridgehead atoms. The molecule has 0 aromatic rings. The Balaban J connectivity index is 2.74. The molecule has 0 spiro atoms. The van der Waals surface area contributed by atoms with Gasteiger partial charge in [-0.1, -0.05) is 13.3 Å². The molecule has 0 radical (unpaired) electrons. The second-order valence-corrected chi connectivity index (χ2v) is 4.30. The molecular formula is C11H22N2O2. The maximum absolute atomic E-state index is 12.2. The molecule has 0 aliphatic carbocycles. The molecule has 4 heteroatoms. The summed E-state index contributed by atoms with van der Waals surface area (Å²) >= 11 is 0. The molecule has 1 rings (SSSR count). The first kappa shape index (κ1) is 12.5. The molecule has 4 nitrogen and oxygen atoms in total. The van der Waals surface area contributed by atoms with Gasteiger partial charge in [0.1, 0.15) is 0 Å². The van der Waals surface area contributed by atoms with E-state index in [1.807, 2.05) is 0 Å². The molecule has 0 aromatic carbocycles. The Morgan fingerprint density at radius 1 is 1.60 bits per heavy atom. The maximum atomic E-state index is 12.2. The van der Waals surface area contributed by atoms with E-state index in [0.717, 1.165) is 38.8 Å². The molecule has 1 aliphatic heterocycles. The topological polar surface area (TPSA) is 41.6 Å². The minimum atomic E-state index is -0.238. The highest BCUT2D eigenvalue weighted by Crippen LogP contribution is 2.33. The summed E-state index contributed by atoms with van der Waals surface area (Å²) in [7, 11) is 3.22. The quantitative estimate of drug-likeness (QED) is 0.714. The minimum Gasteiger partial charge on any atom is -0.316 e. The van der Waals surface area contributed by atoms with Crippen LogP contribution in [0.25, 0.3) is 0 Å². The number of piperidine rings is 1. The summed E-state index contributed by atoms with van der Waals surface area (Å²) in [6, 6.07) is 0. The lowest BCUT2D eigenvalue weighted by molar-refractivity contribution is -0.182. The van der Waals surface area contributed by atoms with E-state index in [1.165, 1.54) is 12.2 Å². The molecule has 1 amide bonds. The molecule has 88 valence electrons. The number of hydrogen-bond acceptors (Lipinski definition) is 3. The Labute approximate surface area is 91.9 Å². The zero-order valence-corrected chi connectivity index (χ0v) is 10.0. The van der Waals surface area contributed by atoms with Crippen LogP contribution in [0.3, 0.4) is 0 Å². The van der Waals surface area contributed by atoms with Crippen LogP contribution in [0.1, 0.15) is 32.6 Å². The van der Waals surface area contributed by atoms with E-state index >= 15 is 0 Å². The Bertz CT molecular complexity index is 207. The van der Waals surface area contributed by atoms with Gasteiger partial charge >= 0.3 is 0 Å². The second-order valence-electron chi connectivity index (χ2n) is 4.30. The van der Waals surface area contributed by atoms with Crippen LogP contribution >= 0.6 is 0 Å². The maximum Gasteiger partial charge on any atom is 0.253 e. The fourth-order valence-electron chi connectivity index (χ4n) is 2.37. The SMILES string of the molecule is CCCC1(C(=O)N(C)OC)CCCNC1. The number of amides is 1. The van der Waals surface area contributed by atoms with Crippen molar-refractivity contribution < 1.29 is 9.63 Å². The average molecular weight is 214 g/mol. The van der Waals surface area contributed by atoms with Crippen molar-refractivity contribution in [1.82, 2.24) is 10.4 Å². The third-order valence-electron chi connectivity index (χ3n) is 3.21. The molecule has 0 saturated carbocycles. The van der Waals surface area contributed by atoms with Crippen LogP contribution in [0.5, 0.6) is 0 Å². The van der Waals surface area contributed by atoms with E-state index in [1.54, 1.807) is 7.05 Å². The first-order valence-corrected chi connectivity index (χ1v) is 5.69. The van der Waals surface area contributed by atoms with Crippen LogP contribution in [0, 0.1) is 5.41 Å². The van der Waals surface area contributed by atoms with Crippen LogP contribution in [0.2, 0.25) is 0 Å². The van der Waals surface area contributed by atoms with Crippen LogP contribution in [-0.4, -0.2) is 38.2 Å². The smallest absolute Gasteiger partial charge is 0.253 e. The van der Waals surface area contributed by atoms with E-state index in [4.69, 9.17) is 4.84 Å². The number of hydrogen-bond donors (Lipinski definition) is 1. The van der Waals surface area contributed by atoms with E-state index in [0.29, 0.717) is 0 Å². The van der Waals surface area contributed by atoms with E-state index in [2.05, 4.69) is 12.2 Å². The normalized spacial score (nSPS) is 26.3. The van der Waals surface area contributed by atoms with Crippen molar-refractivity contribution in [2.75, 3.05) is 27.2 Å². The molecular weight excluding hydrogens is 192 g/mol. The summed E-state index contributed by atoms with van der Waals surface area (Å²) in [6.07, 6.45) is 4.02. The van der Waals surface area contributed by atoms with Gasteiger partial charge in [-0.3, -0.25) is 9.63 Å². The second kappa shape index (κ2) is 5.47. The summed E-state index contributed by atoms with van der Waals surface area (Å²) in [5, 5.41) is 4.68. The minimum absolute atomic E-state index is 0.110. The summed E-state index contributed by atoms with van der Waals surface area (Å²) < 4.78 is 0. The van der Waals surface area contributed by atoms with Crippen LogP contribution in [0.15, 0.2) is 0 Å². The summed E-state index contributed by atoms with van der Waals surface area (Å²) in [4.78, 5) is 17.2. The van der Waals surface area contributed by atoms with Gasteiger partial charge in [0, 0.05) is 13.6 Å². The predicted octanol–water partition coefficient (Wildman–Crippen LogP) is 1.18. The molecule has 1 heterocycles. The van der Waals surface area contributed by atoms with Gasteiger partial charge in [-0.25, -0.2) is 5.06 Å². The first-order chi connectivity index (χ1) is 7.16. The molecule has 1 N–H and O–H groups in total. The Morgan fingerprint density at radius 2 is 2.33 bits per heavy atom. The molecule has 1 unspecified atom stereocenters. The van der Waals surface area contributed by atoms with Gasteiger partial charge in [0.15, 0.2) is 0 Å². The zero-order chi connectivity index (χ0) is 11.3. The zero-order valence-electron chi connectivity index (χ0n) is 10.0. The van der Waals surface area contributed by atoms with Crippen molar-refractivity contribution in [1.29, 1.82) is 0 Å². The van der Waals surface area contributed by atoms with Crippen molar-refractivity contribution in [2.24, 2.45) is 5.41 Å².